The zero-order valence-corrected chi connectivity index (χ0v) is 18.3. The number of benzene rings is 1. The zero-order valence-electron chi connectivity index (χ0n) is 16.7. The molecule has 0 saturated carbocycles. The smallest absolute Gasteiger partial charge is 0.256 e. The van der Waals surface area contributed by atoms with Gasteiger partial charge in [-0.1, -0.05) is 54.9 Å². The summed E-state index contributed by atoms with van der Waals surface area (Å²) in [7, 11) is 0. The third-order valence-corrected chi connectivity index (χ3v) is 6.85. The van der Waals surface area contributed by atoms with Gasteiger partial charge in [0.15, 0.2) is 22.7 Å². The standard InChI is InChI=1S/C21H24BrN5O2/c1-4-16-13(2)14(3)21(10-22,29-16)27-12-25-17-18(23-11-24-19(17)27)26-20(28)15-8-6-5-7-9-15/h5-9,11-14,16H,4,10H2,1-3H3,(H,23,24,26,28)/t13-,14?,16-,21-/m1/s1. The summed E-state index contributed by atoms with van der Waals surface area (Å²) in [5, 5.41) is 3.47. The lowest BCUT2D eigenvalue weighted by atomic mass is 9.86. The summed E-state index contributed by atoms with van der Waals surface area (Å²) in [5.41, 5.74) is 1.14. The highest BCUT2D eigenvalue weighted by atomic mass is 79.9. The van der Waals surface area contributed by atoms with Gasteiger partial charge in [0.1, 0.15) is 6.33 Å². The molecule has 29 heavy (non-hydrogen) atoms. The molecule has 1 aliphatic rings. The van der Waals surface area contributed by atoms with Crippen molar-refractivity contribution in [2.45, 2.75) is 39.0 Å². The molecule has 1 fully saturated rings. The molecule has 4 atom stereocenters. The molecule has 0 spiro atoms. The van der Waals surface area contributed by atoms with Crippen molar-refractivity contribution < 1.29 is 9.53 Å². The van der Waals surface area contributed by atoms with Crippen molar-refractivity contribution in [1.29, 1.82) is 0 Å². The lowest BCUT2D eigenvalue weighted by Crippen LogP contribution is -2.40. The Morgan fingerprint density at radius 1 is 1.24 bits per heavy atom. The summed E-state index contributed by atoms with van der Waals surface area (Å²) in [5.74, 6) is 0.800. The molecule has 152 valence electrons. The third kappa shape index (κ3) is 3.24. The number of nitrogens with one attached hydrogen (secondary N) is 1. The highest BCUT2D eigenvalue weighted by Crippen LogP contribution is 2.47. The van der Waals surface area contributed by atoms with Crippen LogP contribution in [0.3, 0.4) is 0 Å². The average molecular weight is 458 g/mol. The van der Waals surface area contributed by atoms with E-state index in [4.69, 9.17) is 4.74 Å². The van der Waals surface area contributed by atoms with Crippen LogP contribution in [0.5, 0.6) is 0 Å². The maximum atomic E-state index is 12.6. The summed E-state index contributed by atoms with van der Waals surface area (Å²) in [6, 6.07) is 9.03. The number of amides is 1. The van der Waals surface area contributed by atoms with E-state index < -0.39 is 5.72 Å². The largest absolute Gasteiger partial charge is 0.350 e. The third-order valence-electron chi connectivity index (χ3n) is 6.05. The Balaban J connectivity index is 1.73. The molecule has 7 nitrogen and oxygen atoms in total. The van der Waals surface area contributed by atoms with Crippen LogP contribution in [0.25, 0.3) is 11.2 Å². The van der Waals surface area contributed by atoms with Crippen LogP contribution in [0.1, 0.15) is 37.6 Å². The van der Waals surface area contributed by atoms with E-state index in [1.54, 1.807) is 18.5 Å². The molecule has 1 aliphatic heterocycles. The van der Waals surface area contributed by atoms with Gasteiger partial charge in [0.05, 0.1) is 17.8 Å². The number of aromatic nitrogens is 4. The molecule has 2 aromatic heterocycles. The molecule has 0 radical (unpaired) electrons. The highest BCUT2D eigenvalue weighted by molar-refractivity contribution is 9.09. The highest BCUT2D eigenvalue weighted by Gasteiger charge is 2.51. The number of nitrogens with zero attached hydrogens (tertiary/aromatic N) is 4. The lowest BCUT2D eigenvalue weighted by molar-refractivity contribution is -0.0955. The van der Waals surface area contributed by atoms with Crippen LogP contribution in [0.15, 0.2) is 43.0 Å². The van der Waals surface area contributed by atoms with Gasteiger partial charge in [-0.2, -0.15) is 0 Å². The molecular weight excluding hydrogens is 434 g/mol. The van der Waals surface area contributed by atoms with Gasteiger partial charge >= 0.3 is 0 Å². The van der Waals surface area contributed by atoms with E-state index in [1.807, 2.05) is 22.8 Å². The van der Waals surface area contributed by atoms with Crippen LogP contribution in [0.4, 0.5) is 5.82 Å². The van der Waals surface area contributed by atoms with Crippen LogP contribution < -0.4 is 5.32 Å². The Hall–Kier alpha value is -2.32. The molecule has 0 aliphatic carbocycles. The van der Waals surface area contributed by atoms with Gasteiger partial charge in [0.2, 0.25) is 0 Å². The van der Waals surface area contributed by atoms with E-state index in [9.17, 15) is 4.79 Å². The second-order valence-corrected chi connectivity index (χ2v) is 8.08. The fraction of sp³-hybridized carbons (Fsp3) is 0.429. The Labute approximate surface area is 178 Å². The summed E-state index contributed by atoms with van der Waals surface area (Å²) >= 11 is 3.67. The SMILES string of the molecule is CC[C@H]1O[C@@](CBr)(n2cnc3c(NC(=O)c4ccccc4)ncnc32)C(C)[C@H]1C. The second kappa shape index (κ2) is 7.84. The summed E-state index contributed by atoms with van der Waals surface area (Å²) in [4.78, 5) is 25.8. The first-order valence-electron chi connectivity index (χ1n) is 9.80. The van der Waals surface area contributed by atoms with Crippen molar-refractivity contribution >= 4 is 38.8 Å². The van der Waals surface area contributed by atoms with Crippen LogP contribution in [-0.2, 0) is 10.5 Å². The molecule has 1 unspecified atom stereocenters. The van der Waals surface area contributed by atoms with Crippen molar-refractivity contribution in [2.24, 2.45) is 11.8 Å². The van der Waals surface area contributed by atoms with Crippen LogP contribution in [0.2, 0.25) is 0 Å². The molecule has 1 saturated heterocycles. The summed E-state index contributed by atoms with van der Waals surface area (Å²) in [6.07, 6.45) is 4.29. The minimum Gasteiger partial charge on any atom is -0.350 e. The number of alkyl halides is 1. The van der Waals surface area contributed by atoms with Crippen molar-refractivity contribution in [1.82, 2.24) is 19.5 Å². The van der Waals surface area contributed by atoms with Gasteiger partial charge in [-0.25, -0.2) is 15.0 Å². The van der Waals surface area contributed by atoms with Crippen molar-refractivity contribution in [3.63, 3.8) is 0 Å². The van der Waals surface area contributed by atoms with Gasteiger partial charge in [0.25, 0.3) is 5.91 Å². The maximum absolute atomic E-state index is 12.6. The number of imidazole rings is 1. The van der Waals surface area contributed by atoms with E-state index in [2.05, 4.69) is 57.0 Å². The number of hydrogen-bond acceptors (Lipinski definition) is 5. The van der Waals surface area contributed by atoms with Gasteiger partial charge < -0.3 is 10.1 Å². The fourth-order valence-corrected chi connectivity index (χ4v) is 5.04. The van der Waals surface area contributed by atoms with Crippen LogP contribution >= 0.6 is 15.9 Å². The number of fused-ring (bicyclic) bond motifs is 1. The van der Waals surface area contributed by atoms with Gasteiger partial charge in [0, 0.05) is 11.5 Å². The first kappa shape index (κ1) is 20.0. The predicted octanol–water partition coefficient (Wildman–Crippen LogP) is 4.21. The summed E-state index contributed by atoms with van der Waals surface area (Å²) < 4.78 is 8.52. The normalized spacial score (nSPS) is 26.7. The number of anilines is 1. The number of halogens is 1. The molecule has 4 rings (SSSR count). The fourth-order valence-electron chi connectivity index (χ4n) is 4.13. The van der Waals surface area contributed by atoms with Crippen LogP contribution in [-0.4, -0.2) is 36.9 Å². The Morgan fingerprint density at radius 3 is 2.66 bits per heavy atom. The van der Waals surface area contributed by atoms with E-state index in [-0.39, 0.29) is 17.9 Å². The number of hydrogen-bond donors (Lipinski definition) is 1. The van der Waals surface area contributed by atoms with Crippen molar-refractivity contribution in [2.75, 3.05) is 10.6 Å². The van der Waals surface area contributed by atoms with E-state index in [0.717, 1.165) is 6.42 Å². The van der Waals surface area contributed by atoms with E-state index in [1.165, 1.54) is 6.33 Å². The first-order chi connectivity index (χ1) is 14.0. The molecule has 8 heteroatoms. The van der Waals surface area contributed by atoms with Gasteiger partial charge in [-0.05, 0) is 24.5 Å². The van der Waals surface area contributed by atoms with E-state index >= 15 is 0 Å². The molecular formula is C21H24BrN5O2. The van der Waals surface area contributed by atoms with Gasteiger partial charge in [-0.3, -0.25) is 9.36 Å². The topological polar surface area (TPSA) is 81.9 Å². The van der Waals surface area contributed by atoms with Gasteiger partial charge in [-0.15, -0.1) is 0 Å². The van der Waals surface area contributed by atoms with E-state index in [0.29, 0.717) is 33.8 Å². The second-order valence-electron chi connectivity index (χ2n) is 7.52. The zero-order chi connectivity index (χ0) is 20.6. The Bertz CT molecular complexity index is 1020. The monoisotopic (exact) mass is 457 g/mol. The molecule has 0 bridgehead atoms. The minimum absolute atomic E-state index is 0.166. The minimum atomic E-state index is -0.593. The molecule has 1 amide bonds. The lowest BCUT2D eigenvalue weighted by Gasteiger charge is -2.33. The predicted molar refractivity (Wildman–Crippen MR) is 115 cm³/mol. The first-order valence-corrected chi connectivity index (χ1v) is 10.9. The molecule has 1 N–H and O–H groups in total. The number of carbonyl (C=O) groups excluding carboxylic acids is 1. The molecule has 3 heterocycles. The Morgan fingerprint density at radius 2 is 2.00 bits per heavy atom. The maximum Gasteiger partial charge on any atom is 0.256 e. The quantitative estimate of drug-likeness (QED) is 0.580. The number of carbonyl (C=O) groups is 1. The average Bonchev–Trinajstić information content (AvgIpc) is 3.30. The summed E-state index contributed by atoms with van der Waals surface area (Å²) in [6.45, 7) is 6.57. The Kier molecular flexibility index (Phi) is 5.40. The number of ether oxygens (including phenoxy) is 1. The molecule has 1 aromatic carbocycles. The van der Waals surface area contributed by atoms with Crippen molar-refractivity contribution in [3.05, 3.63) is 48.5 Å². The number of rotatable bonds is 5. The van der Waals surface area contributed by atoms with Crippen molar-refractivity contribution in [3.8, 4) is 0 Å². The molecule has 3 aromatic rings. The van der Waals surface area contributed by atoms with Crippen LogP contribution in [0, 0.1) is 11.8 Å².